The van der Waals surface area contributed by atoms with E-state index < -0.39 is 0 Å². The largest absolute Gasteiger partial charge is 0.418 e. The summed E-state index contributed by atoms with van der Waals surface area (Å²) in [7, 11) is 0. The van der Waals surface area contributed by atoms with Crippen LogP contribution in [0, 0.1) is 0 Å². The summed E-state index contributed by atoms with van der Waals surface area (Å²) in [6.45, 7) is 7.51. The fourth-order valence-corrected chi connectivity index (χ4v) is 3.09. The van der Waals surface area contributed by atoms with Gasteiger partial charge < -0.3 is 9.97 Å². The molecule has 19 heavy (non-hydrogen) atoms. The molecule has 91 valence electrons. The highest BCUT2D eigenvalue weighted by Gasteiger charge is 2.11. The number of nitrogens with zero attached hydrogens (tertiary/aromatic N) is 2. The zero-order valence-electron chi connectivity index (χ0n) is 10.4. The van der Waals surface area contributed by atoms with E-state index in [-0.39, 0.29) is 15.2 Å². The van der Waals surface area contributed by atoms with Crippen LogP contribution in [-0.4, -0.2) is 35.2 Å². The Hall–Kier alpha value is -2.09. The highest BCUT2D eigenvalue weighted by molar-refractivity contribution is 6.64. The Morgan fingerprint density at radius 1 is 1.00 bits per heavy atom. The summed E-state index contributed by atoms with van der Waals surface area (Å²) in [6.07, 6.45) is 3.49. The first-order chi connectivity index (χ1) is 9.30. The van der Waals surface area contributed by atoms with Crippen molar-refractivity contribution >= 4 is 47.8 Å². The molecule has 0 aliphatic rings. The van der Waals surface area contributed by atoms with E-state index in [0.29, 0.717) is 0 Å². The molecule has 1 aromatic carbocycles. The Labute approximate surface area is 117 Å². The first kappa shape index (κ1) is 12.0. The maximum Gasteiger partial charge on any atom is 0.418 e. The standard InChI is InChI=1S/C7H5N2.C7H7N2.Al/c1-2-4-7-6(3-1)8-5-9-7;1-3-6-7(4-2)9-5-8-6;/h1-4H,(H,8,9);3-4H,1-2H2,(H,8,9);. The first-order valence-electron chi connectivity index (χ1n) is 5.94. The van der Waals surface area contributed by atoms with E-state index in [2.05, 4.69) is 33.1 Å². The van der Waals surface area contributed by atoms with Crippen LogP contribution in [0.5, 0.6) is 0 Å². The van der Waals surface area contributed by atoms with Crippen molar-refractivity contribution in [3.8, 4) is 0 Å². The summed E-state index contributed by atoms with van der Waals surface area (Å²) in [5, 5.41) is 0. The summed E-state index contributed by atoms with van der Waals surface area (Å²) < 4.78 is 1.91. The van der Waals surface area contributed by atoms with Crippen molar-refractivity contribution in [1.29, 1.82) is 0 Å². The van der Waals surface area contributed by atoms with Crippen molar-refractivity contribution in [3.05, 3.63) is 48.8 Å². The maximum atomic E-state index is 4.57. The van der Waals surface area contributed by atoms with Gasteiger partial charge in [-0.2, -0.15) is 0 Å². The average molecular weight is 263 g/mol. The first-order valence-corrected chi connectivity index (χ1v) is 7.10. The number of H-pyrrole nitrogens is 2. The molecule has 3 rings (SSSR count). The van der Waals surface area contributed by atoms with Gasteiger partial charge in [0.15, 0.2) is 0 Å². The van der Waals surface area contributed by atoms with Crippen molar-refractivity contribution in [2.45, 2.75) is 0 Å². The van der Waals surface area contributed by atoms with Gasteiger partial charge in [-0.3, -0.25) is 9.97 Å². The maximum absolute atomic E-state index is 4.57. The van der Waals surface area contributed by atoms with Crippen LogP contribution in [0.25, 0.3) is 23.2 Å². The number of nitrogens with one attached hydrogen (secondary N) is 2. The highest BCUT2D eigenvalue weighted by atomic mass is 27.1. The fraction of sp³-hybridized carbons (Fsp3) is 0. The lowest BCUT2D eigenvalue weighted by atomic mass is 10.3. The molecule has 0 aliphatic carbocycles. The normalized spacial score (nSPS) is 10.5. The van der Waals surface area contributed by atoms with E-state index in [0.717, 1.165) is 31.8 Å². The zero-order chi connectivity index (χ0) is 13.2. The Kier molecular flexibility index (Phi) is 3.08. The molecule has 0 spiro atoms. The minimum absolute atomic E-state index is 0.194. The second-order valence-electron chi connectivity index (χ2n) is 4.11. The lowest BCUT2D eigenvalue weighted by Crippen LogP contribution is -2.32. The van der Waals surface area contributed by atoms with Gasteiger partial charge in [0.2, 0.25) is 0 Å². The summed E-state index contributed by atoms with van der Waals surface area (Å²) in [6, 6.07) is 8.01. The van der Waals surface area contributed by atoms with Crippen LogP contribution in [-0.2, 0) is 0 Å². The number of rotatable bonds is 4. The fourth-order valence-electron chi connectivity index (χ4n) is 1.97. The topological polar surface area (TPSA) is 57.4 Å². The molecule has 0 aliphatic heterocycles. The van der Waals surface area contributed by atoms with Gasteiger partial charge in [-0.05, 0) is 24.3 Å². The highest BCUT2D eigenvalue weighted by Crippen LogP contribution is 2.06. The molecule has 0 atom stereocenters. The molecule has 2 N–H and O–H groups in total. The third-order valence-electron chi connectivity index (χ3n) is 2.86. The quantitative estimate of drug-likeness (QED) is 0.695. The Morgan fingerprint density at radius 2 is 1.79 bits per heavy atom. The van der Waals surface area contributed by atoms with Gasteiger partial charge in [0.1, 0.15) is 0 Å². The number of benzene rings is 1. The monoisotopic (exact) mass is 263 g/mol. The van der Waals surface area contributed by atoms with Gasteiger partial charge in [-0.1, -0.05) is 25.3 Å². The van der Waals surface area contributed by atoms with Gasteiger partial charge in [-0.25, -0.2) is 0 Å². The Morgan fingerprint density at radius 3 is 2.47 bits per heavy atom. The molecule has 0 unspecified atom stereocenters. The molecule has 5 heteroatoms. The van der Waals surface area contributed by atoms with Gasteiger partial charge in [0, 0.05) is 9.37 Å². The van der Waals surface area contributed by atoms with Crippen molar-refractivity contribution in [1.82, 2.24) is 19.9 Å². The van der Waals surface area contributed by atoms with E-state index in [1.165, 1.54) is 0 Å². The number of imidazole rings is 2. The zero-order valence-corrected chi connectivity index (χ0v) is 11.5. The summed E-state index contributed by atoms with van der Waals surface area (Å²) in [4.78, 5) is 15.6. The number of fused-ring (bicyclic) bond motifs is 1. The van der Waals surface area contributed by atoms with Crippen molar-refractivity contribution in [2.75, 3.05) is 0 Å². The number of aromatic nitrogens is 4. The smallest absolute Gasteiger partial charge is 0.358 e. The van der Waals surface area contributed by atoms with Gasteiger partial charge >= 0.3 is 15.2 Å². The van der Waals surface area contributed by atoms with Crippen LogP contribution in [0.3, 0.4) is 0 Å². The molecule has 3 aromatic rings. The lowest BCUT2D eigenvalue weighted by Gasteiger charge is -1.89. The van der Waals surface area contributed by atoms with Crippen LogP contribution in [0.15, 0.2) is 37.4 Å². The van der Waals surface area contributed by atoms with Crippen molar-refractivity contribution in [2.24, 2.45) is 0 Å². The molecule has 0 saturated carbocycles. The Bertz CT molecular complexity index is 695. The molecule has 2 heterocycles. The van der Waals surface area contributed by atoms with Crippen LogP contribution < -0.4 is 9.37 Å². The van der Waals surface area contributed by atoms with E-state index in [4.69, 9.17) is 0 Å². The number of para-hydroxylation sites is 2. The summed E-state index contributed by atoms with van der Waals surface area (Å²) in [5.41, 5.74) is 3.80. The minimum atomic E-state index is -0.194. The lowest BCUT2D eigenvalue weighted by molar-refractivity contribution is 1.37. The predicted octanol–water partition coefficient (Wildman–Crippen LogP) is 1.23. The number of hydrogen-bond donors (Lipinski definition) is 2. The number of hydrogen-bond acceptors (Lipinski definition) is 2. The van der Waals surface area contributed by atoms with Gasteiger partial charge in [0.25, 0.3) is 0 Å². The van der Waals surface area contributed by atoms with Gasteiger partial charge in [-0.15, -0.1) is 0 Å². The Balaban J connectivity index is 1.94. The predicted molar refractivity (Wildman–Crippen MR) is 79.9 cm³/mol. The van der Waals surface area contributed by atoms with Crippen molar-refractivity contribution in [3.63, 3.8) is 0 Å². The molecule has 0 bridgehead atoms. The SMILES string of the molecule is C=Cc1n[c]([Al][c]2nc3ccccc3[nH]2)[nH]c1C=C. The molecule has 0 fully saturated rings. The molecular formula is C14H12AlN4. The molecule has 0 amide bonds. The molecule has 0 saturated heterocycles. The van der Waals surface area contributed by atoms with E-state index in [1.807, 2.05) is 24.3 Å². The van der Waals surface area contributed by atoms with E-state index in [1.54, 1.807) is 12.2 Å². The van der Waals surface area contributed by atoms with Crippen LogP contribution in [0.2, 0.25) is 0 Å². The second-order valence-corrected chi connectivity index (χ2v) is 5.50. The average Bonchev–Trinajstić information content (AvgIpc) is 3.01. The molecule has 4 nitrogen and oxygen atoms in total. The van der Waals surface area contributed by atoms with E-state index >= 15 is 0 Å². The minimum Gasteiger partial charge on any atom is -0.358 e. The molecule has 2 aromatic heterocycles. The second kappa shape index (κ2) is 4.89. The van der Waals surface area contributed by atoms with E-state index in [9.17, 15) is 0 Å². The summed E-state index contributed by atoms with van der Waals surface area (Å²) >= 11 is -0.194. The van der Waals surface area contributed by atoms with Gasteiger partial charge in [0.05, 0.1) is 22.4 Å². The van der Waals surface area contributed by atoms with Crippen LogP contribution >= 0.6 is 0 Å². The summed E-state index contributed by atoms with van der Waals surface area (Å²) in [5.74, 6) is 0. The van der Waals surface area contributed by atoms with Crippen LogP contribution in [0.4, 0.5) is 0 Å². The number of aromatic amines is 2. The van der Waals surface area contributed by atoms with Crippen LogP contribution in [0.1, 0.15) is 11.4 Å². The third kappa shape index (κ3) is 2.26. The molecular weight excluding hydrogens is 251 g/mol. The third-order valence-corrected chi connectivity index (χ3v) is 3.95. The van der Waals surface area contributed by atoms with Crippen molar-refractivity contribution < 1.29 is 0 Å². The molecule has 1 radical (unpaired) electrons.